The summed E-state index contributed by atoms with van der Waals surface area (Å²) < 4.78 is 52.9. The molecule has 1 rings (SSSR count). The molecular weight excluding hydrogens is 240 g/mol. The summed E-state index contributed by atoms with van der Waals surface area (Å²) in [4.78, 5) is 10.7. The third-order valence-corrected chi connectivity index (χ3v) is 1.62. The van der Waals surface area contributed by atoms with Crippen LogP contribution in [0.25, 0.3) is 0 Å². The third kappa shape index (κ3) is 2.82. The minimum absolute atomic E-state index is 0.341. The molecule has 0 atom stereocenters. The average Bonchev–Trinajstić information content (AvgIpc) is 1.99. The van der Waals surface area contributed by atoms with E-state index < -0.39 is 34.8 Å². The van der Waals surface area contributed by atoms with E-state index in [1.807, 2.05) is 0 Å². The zero-order valence-corrected chi connectivity index (χ0v) is 7.69. The fourth-order valence-electron chi connectivity index (χ4n) is 0.930. The van der Waals surface area contributed by atoms with Crippen LogP contribution < -0.4 is 4.74 Å². The fraction of sp³-hybridized carbons (Fsp3) is 0.125. The molecule has 0 aliphatic heterocycles. The van der Waals surface area contributed by atoms with Gasteiger partial charge in [0.2, 0.25) is 0 Å². The van der Waals surface area contributed by atoms with E-state index in [2.05, 4.69) is 4.74 Å². The molecule has 0 amide bonds. The van der Waals surface area contributed by atoms with E-state index in [4.69, 9.17) is 11.6 Å². The Bertz CT molecular complexity index is 394. The fourth-order valence-corrected chi connectivity index (χ4v) is 1.11. The molecule has 0 saturated carbocycles. The molecule has 0 unspecified atom stereocenters. The summed E-state index contributed by atoms with van der Waals surface area (Å²) in [5, 5.41) is -1.34. The number of ether oxygens (including phenoxy) is 1. The number of hydrogen-bond donors (Lipinski definition) is 0. The van der Waals surface area contributed by atoms with Crippen molar-refractivity contribution in [2.75, 3.05) is 0 Å². The Hall–Kier alpha value is -1.30. The maximum absolute atomic E-state index is 12.9. The van der Waals surface area contributed by atoms with Crippen LogP contribution in [0, 0.1) is 11.6 Å². The highest BCUT2D eigenvalue weighted by atomic mass is 35.5. The summed E-state index contributed by atoms with van der Waals surface area (Å²) >= 11 is 4.92. The normalized spacial score (nSPS) is 10.5. The van der Waals surface area contributed by atoms with E-state index in [1.165, 1.54) is 0 Å². The zero-order chi connectivity index (χ0) is 11.6. The molecule has 15 heavy (non-hydrogen) atoms. The lowest BCUT2D eigenvalue weighted by molar-refractivity contribution is -0.0504. The van der Waals surface area contributed by atoms with Crippen molar-refractivity contribution in [1.29, 1.82) is 0 Å². The Morgan fingerprint density at radius 2 is 1.93 bits per heavy atom. The Morgan fingerprint density at radius 3 is 2.40 bits per heavy atom. The molecule has 1 aromatic rings. The van der Waals surface area contributed by atoms with E-state index in [-0.39, 0.29) is 0 Å². The molecule has 0 saturated heterocycles. The second kappa shape index (κ2) is 4.48. The molecule has 0 aliphatic carbocycles. The Labute approximate surface area is 86.4 Å². The molecule has 0 radical (unpaired) electrons. The highest BCUT2D eigenvalue weighted by Crippen LogP contribution is 2.26. The molecule has 0 bridgehead atoms. The molecule has 0 spiro atoms. The topological polar surface area (TPSA) is 26.3 Å². The minimum Gasteiger partial charge on any atom is -0.434 e. The number of halogens is 5. The standard InChI is InChI=1S/C8H3ClF4O2/c9-7(14)6-4(11)1-3(10)2-5(6)15-8(12)13/h1-2,8H. The SMILES string of the molecule is O=C(Cl)c1c(F)cc(F)cc1OC(F)F. The minimum atomic E-state index is -3.30. The first-order chi connectivity index (χ1) is 6.91. The maximum Gasteiger partial charge on any atom is 0.387 e. The van der Waals surface area contributed by atoms with Crippen LogP contribution in [-0.4, -0.2) is 11.9 Å². The third-order valence-electron chi connectivity index (χ3n) is 1.43. The van der Waals surface area contributed by atoms with Crippen LogP contribution in [0.4, 0.5) is 17.6 Å². The summed E-state index contributed by atoms with van der Waals surface area (Å²) in [6.45, 7) is -3.30. The van der Waals surface area contributed by atoms with Gasteiger partial charge in [0.15, 0.2) is 0 Å². The summed E-state index contributed by atoms with van der Waals surface area (Å²) in [7, 11) is 0. The van der Waals surface area contributed by atoms with Crippen LogP contribution in [0.5, 0.6) is 5.75 Å². The van der Waals surface area contributed by atoms with Gasteiger partial charge in [0.25, 0.3) is 5.24 Å². The highest BCUT2D eigenvalue weighted by Gasteiger charge is 2.20. The van der Waals surface area contributed by atoms with Crippen LogP contribution in [0.15, 0.2) is 12.1 Å². The van der Waals surface area contributed by atoms with Crippen molar-refractivity contribution in [1.82, 2.24) is 0 Å². The van der Waals surface area contributed by atoms with Gasteiger partial charge in [-0.05, 0) is 11.6 Å². The Balaban J connectivity index is 3.27. The van der Waals surface area contributed by atoms with Crippen molar-refractivity contribution in [3.05, 3.63) is 29.3 Å². The molecule has 0 fully saturated rings. The Kier molecular flexibility index (Phi) is 3.52. The van der Waals surface area contributed by atoms with Crippen LogP contribution >= 0.6 is 11.6 Å². The second-order valence-corrected chi connectivity index (χ2v) is 2.76. The van der Waals surface area contributed by atoms with E-state index in [0.29, 0.717) is 12.1 Å². The van der Waals surface area contributed by atoms with Gasteiger partial charge >= 0.3 is 6.61 Å². The van der Waals surface area contributed by atoms with Gasteiger partial charge in [-0.2, -0.15) is 8.78 Å². The van der Waals surface area contributed by atoms with E-state index in [9.17, 15) is 22.4 Å². The van der Waals surface area contributed by atoms with Gasteiger partial charge in [0.05, 0.1) is 0 Å². The quantitative estimate of drug-likeness (QED) is 0.602. The number of rotatable bonds is 3. The summed E-state index contributed by atoms with van der Waals surface area (Å²) in [5.41, 5.74) is -0.918. The smallest absolute Gasteiger partial charge is 0.387 e. The number of alkyl halides is 2. The monoisotopic (exact) mass is 242 g/mol. The lowest BCUT2D eigenvalue weighted by Crippen LogP contribution is -2.08. The number of carbonyl (C=O) groups is 1. The molecule has 0 aromatic heterocycles. The summed E-state index contributed by atoms with van der Waals surface area (Å²) in [6.07, 6.45) is 0. The van der Waals surface area contributed by atoms with Crippen molar-refractivity contribution in [3.8, 4) is 5.75 Å². The van der Waals surface area contributed by atoms with Gasteiger partial charge < -0.3 is 4.74 Å². The first-order valence-corrected chi connectivity index (χ1v) is 3.93. The van der Waals surface area contributed by atoms with E-state index >= 15 is 0 Å². The zero-order valence-electron chi connectivity index (χ0n) is 6.94. The molecule has 0 N–H and O–H groups in total. The molecule has 1 aromatic carbocycles. The summed E-state index contributed by atoms with van der Waals surface area (Å²) in [5.74, 6) is -3.43. The lowest BCUT2D eigenvalue weighted by atomic mass is 10.2. The number of carbonyl (C=O) groups excluding carboxylic acids is 1. The van der Waals surface area contributed by atoms with Crippen molar-refractivity contribution in [3.63, 3.8) is 0 Å². The van der Waals surface area contributed by atoms with Crippen molar-refractivity contribution in [2.24, 2.45) is 0 Å². The summed E-state index contributed by atoms with van der Waals surface area (Å²) in [6, 6.07) is 0.790. The van der Waals surface area contributed by atoms with E-state index in [1.54, 1.807) is 0 Å². The number of hydrogen-bond acceptors (Lipinski definition) is 2. The van der Waals surface area contributed by atoms with Crippen molar-refractivity contribution < 1.29 is 27.1 Å². The van der Waals surface area contributed by atoms with Crippen molar-refractivity contribution >= 4 is 16.8 Å². The molecular formula is C8H3ClF4O2. The lowest BCUT2D eigenvalue weighted by Gasteiger charge is -2.08. The van der Waals surface area contributed by atoms with Crippen LogP contribution in [0.3, 0.4) is 0 Å². The van der Waals surface area contributed by atoms with Crippen LogP contribution in [0.2, 0.25) is 0 Å². The maximum atomic E-state index is 12.9. The van der Waals surface area contributed by atoms with Gasteiger partial charge in [-0.3, -0.25) is 4.79 Å². The second-order valence-electron chi connectivity index (χ2n) is 2.41. The average molecular weight is 243 g/mol. The Morgan fingerprint density at radius 1 is 1.33 bits per heavy atom. The largest absolute Gasteiger partial charge is 0.434 e. The van der Waals surface area contributed by atoms with Crippen LogP contribution in [0.1, 0.15) is 10.4 Å². The van der Waals surface area contributed by atoms with Crippen LogP contribution in [-0.2, 0) is 0 Å². The predicted molar refractivity (Wildman–Crippen MR) is 43.2 cm³/mol. The molecule has 0 aliphatic rings. The van der Waals surface area contributed by atoms with E-state index in [0.717, 1.165) is 0 Å². The number of benzene rings is 1. The van der Waals surface area contributed by atoms with Gasteiger partial charge in [-0.25, -0.2) is 8.78 Å². The van der Waals surface area contributed by atoms with Gasteiger partial charge in [0.1, 0.15) is 22.9 Å². The molecule has 7 heteroatoms. The molecule has 82 valence electrons. The van der Waals surface area contributed by atoms with Gasteiger partial charge in [-0.1, -0.05) is 0 Å². The highest BCUT2D eigenvalue weighted by molar-refractivity contribution is 6.68. The first-order valence-electron chi connectivity index (χ1n) is 3.55. The van der Waals surface area contributed by atoms with Crippen molar-refractivity contribution in [2.45, 2.75) is 6.61 Å². The molecule has 2 nitrogen and oxygen atoms in total. The van der Waals surface area contributed by atoms with Gasteiger partial charge in [-0.15, -0.1) is 0 Å². The van der Waals surface area contributed by atoms with Gasteiger partial charge in [0, 0.05) is 12.1 Å². The predicted octanol–water partition coefficient (Wildman–Crippen LogP) is 2.95. The molecule has 0 heterocycles. The first kappa shape index (κ1) is 11.8.